The van der Waals surface area contributed by atoms with E-state index in [0.717, 1.165) is 0 Å². The van der Waals surface area contributed by atoms with E-state index in [2.05, 4.69) is 11.8 Å². The molecule has 0 atom stereocenters. The fourth-order valence-corrected chi connectivity index (χ4v) is 0.892. The predicted octanol–water partition coefficient (Wildman–Crippen LogP) is 0.548. The summed E-state index contributed by atoms with van der Waals surface area (Å²) in [7, 11) is 0. The van der Waals surface area contributed by atoms with Gasteiger partial charge in [0.2, 0.25) is 0 Å². The highest BCUT2D eigenvalue weighted by atomic mass is 16.3. The Morgan fingerprint density at radius 3 is 2.85 bits per heavy atom. The first-order chi connectivity index (χ1) is 6.29. The number of aliphatic hydroxyl groups excluding tert-OH is 1. The Bertz CT molecular complexity index is 371. The lowest BCUT2D eigenvalue weighted by Gasteiger charge is -1.98. The van der Waals surface area contributed by atoms with Crippen LogP contribution < -0.4 is 0 Å². The van der Waals surface area contributed by atoms with Gasteiger partial charge in [-0.15, -0.1) is 0 Å². The van der Waals surface area contributed by atoms with Crippen molar-refractivity contribution in [1.29, 1.82) is 0 Å². The molecular formula is C10H8O3. The van der Waals surface area contributed by atoms with Gasteiger partial charge in [0.05, 0.1) is 11.1 Å². The number of carbonyl (C=O) groups excluding carboxylic acids is 1. The van der Waals surface area contributed by atoms with Gasteiger partial charge in [0, 0.05) is 0 Å². The summed E-state index contributed by atoms with van der Waals surface area (Å²) < 4.78 is 0. The van der Waals surface area contributed by atoms with E-state index in [1.54, 1.807) is 12.1 Å². The Kier molecular flexibility index (Phi) is 3.07. The van der Waals surface area contributed by atoms with Crippen LogP contribution in [-0.2, 0) is 0 Å². The summed E-state index contributed by atoms with van der Waals surface area (Å²) >= 11 is 0. The molecule has 0 saturated heterocycles. The summed E-state index contributed by atoms with van der Waals surface area (Å²) in [6.07, 6.45) is 0.555. The number of phenols is 1. The Morgan fingerprint density at radius 1 is 1.46 bits per heavy atom. The van der Waals surface area contributed by atoms with Crippen LogP contribution in [0, 0.1) is 11.8 Å². The van der Waals surface area contributed by atoms with Crippen molar-refractivity contribution in [1.82, 2.24) is 0 Å². The molecule has 0 saturated carbocycles. The second-order valence-electron chi connectivity index (χ2n) is 2.32. The van der Waals surface area contributed by atoms with Gasteiger partial charge in [-0.3, -0.25) is 4.79 Å². The van der Waals surface area contributed by atoms with Crippen molar-refractivity contribution < 1.29 is 15.0 Å². The second-order valence-corrected chi connectivity index (χ2v) is 2.32. The summed E-state index contributed by atoms with van der Waals surface area (Å²) in [4.78, 5) is 10.4. The first kappa shape index (κ1) is 9.30. The predicted molar refractivity (Wildman–Crippen MR) is 47.5 cm³/mol. The van der Waals surface area contributed by atoms with E-state index >= 15 is 0 Å². The smallest absolute Gasteiger partial charge is 0.153 e. The zero-order valence-electron chi connectivity index (χ0n) is 6.82. The minimum atomic E-state index is -0.273. The van der Waals surface area contributed by atoms with Crippen molar-refractivity contribution in [3.63, 3.8) is 0 Å². The molecule has 1 aromatic rings. The van der Waals surface area contributed by atoms with Crippen molar-refractivity contribution in [3.05, 3.63) is 29.3 Å². The molecule has 1 rings (SSSR count). The van der Waals surface area contributed by atoms with E-state index < -0.39 is 0 Å². The van der Waals surface area contributed by atoms with Crippen LogP contribution in [0.25, 0.3) is 0 Å². The molecule has 0 fully saturated rings. The van der Waals surface area contributed by atoms with Crippen LogP contribution in [0.5, 0.6) is 5.75 Å². The largest absolute Gasteiger partial charge is 0.506 e. The van der Waals surface area contributed by atoms with Crippen LogP contribution in [0.1, 0.15) is 15.9 Å². The third kappa shape index (κ3) is 2.08. The monoisotopic (exact) mass is 176 g/mol. The van der Waals surface area contributed by atoms with Crippen LogP contribution in [0.15, 0.2) is 18.2 Å². The van der Waals surface area contributed by atoms with Crippen LogP contribution in [-0.4, -0.2) is 23.1 Å². The number of hydrogen-bond donors (Lipinski definition) is 2. The molecule has 0 aliphatic carbocycles. The molecule has 2 N–H and O–H groups in total. The molecule has 0 unspecified atom stereocenters. The average Bonchev–Trinajstić information content (AvgIpc) is 2.16. The van der Waals surface area contributed by atoms with Gasteiger partial charge < -0.3 is 10.2 Å². The van der Waals surface area contributed by atoms with Gasteiger partial charge in [0.1, 0.15) is 12.4 Å². The third-order valence-corrected chi connectivity index (χ3v) is 1.50. The van der Waals surface area contributed by atoms with E-state index in [9.17, 15) is 9.90 Å². The lowest BCUT2D eigenvalue weighted by atomic mass is 10.1. The highest BCUT2D eigenvalue weighted by molar-refractivity contribution is 5.80. The number of para-hydroxylation sites is 1. The third-order valence-electron chi connectivity index (χ3n) is 1.50. The van der Waals surface area contributed by atoms with Crippen LogP contribution in [0.4, 0.5) is 0 Å². The number of hydrogen-bond acceptors (Lipinski definition) is 3. The minimum Gasteiger partial charge on any atom is -0.506 e. The van der Waals surface area contributed by atoms with Gasteiger partial charge in [-0.25, -0.2) is 0 Å². The maximum absolute atomic E-state index is 10.4. The first-order valence-electron chi connectivity index (χ1n) is 3.66. The van der Waals surface area contributed by atoms with Crippen LogP contribution in [0.3, 0.4) is 0 Å². The molecule has 66 valence electrons. The SMILES string of the molecule is O=Cc1cccc(C#CCO)c1O. The maximum atomic E-state index is 10.4. The van der Waals surface area contributed by atoms with E-state index in [0.29, 0.717) is 11.8 Å². The van der Waals surface area contributed by atoms with Crippen molar-refractivity contribution in [3.8, 4) is 17.6 Å². The minimum absolute atomic E-state index is 0.140. The van der Waals surface area contributed by atoms with E-state index in [1.165, 1.54) is 6.07 Å². The molecule has 0 aromatic heterocycles. The molecule has 0 heterocycles. The lowest BCUT2D eigenvalue weighted by Crippen LogP contribution is -1.85. The quantitative estimate of drug-likeness (QED) is 0.485. The summed E-state index contributed by atoms with van der Waals surface area (Å²) in [5.74, 6) is 4.77. The van der Waals surface area contributed by atoms with Crippen LogP contribution in [0.2, 0.25) is 0 Å². The Labute approximate surface area is 75.6 Å². The van der Waals surface area contributed by atoms with Gasteiger partial charge in [-0.05, 0) is 12.1 Å². The van der Waals surface area contributed by atoms with Gasteiger partial charge in [-0.1, -0.05) is 17.9 Å². The van der Waals surface area contributed by atoms with Crippen molar-refractivity contribution in [2.75, 3.05) is 6.61 Å². The molecule has 0 bridgehead atoms. The number of rotatable bonds is 1. The van der Waals surface area contributed by atoms with Crippen LogP contribution >= 0.6 is 0 Å². The number of carbonyl (C=O) groups is 1. The molecule has 0 aliphatic heterocycles. The number of benzene rings is 1. The summed E-state index contributed by atoms with van der Waals surface area (Å²) in [6.45, 7) is -0.273. The van der Waals surface area contributed by atoms with Gasteiger partial charge >= 0.3 is 0 Å². The van der Waals surface area contributed by atoms with Crippen molar-refractivity contribution in [2.45, 2.75) is 0 Å². The molecule has 0 radical (unpaired) electrons. The molecule has 1 aromatic carbocycles. The summed E-state index contributed by atoms with van der Waals surface area (Å²) in [5, 5.41) is 17.8. The van der Waals surface area contributed by atoms with E-state index in [-0.39, 0.29) is 17.9 Å². The molecule has 13 heavy (non-hydrogen) atoms. The topological polar surface area (TPSA) is 57.5 Å². The van der Waals surface area contributed by atoms with E-state index in [1.807, 2.05) is 0 Å². The van der Waals surface area contributed by atoms with Gasteiger partial charge in [0.25, 0.3) is 0 Å². The Morgan fingerprint density at radius 2 is 2.23 bits per heavy atom. The lowest BCUT2D eigenvalue weighted by molar-refractivity contribution is 0.112. The van der Waals surface area contributed by atoms with Crippen molar-refractivity contribution >= 4 is 6.29 Å². The maximum Gasteiger partial charge on any atom is 0.153 e. The first-order valence-corrected chi connectivity index (χ1v) is 3.66. The normalized spacial score (nSPS) is 8.69. The van der Waals surface area contributed by atoms with Gasteiger partial charge in [-0.2, -0.15) is 0 Å². The molecule has 3 heteroatoms. The van der Waals surface area contributed by atoms with E-state index in [4.69, 9.17) is 5.11 Å². The highest BCUT2D eigenvalue weighted by Crippen LogP contribution is 2.19. The Balaban J connectivity index is 3.15. The highest BCUT2D eigenvalue weighted by Gasteiger charge is 2.02. The standard InChI is InChI=1S/C10H8O3/c11-6-2-5-8-3-1-4-9(7-12)10(8)13/h1,3-4,7,11,13H,6H2. The molecule has 0 spiro atoms. The number of aliphatic hydroxyl groups is 1. The summed E-state index contributed by atoms with van der Waals surface area (Å²) in [6, 6.07) is 4.68. The summed E-state index contributed by atoms with van der Waals surface area (Å²) in [5.41, 5.74) is 0.545. The second kappa shape index (κ2) is 4.29. The number of phenolic OH excluding ortho intramolecular Hbond substituents is 1. The Hall–Kier alpha value is -1.79. The molecule has 0 aliphatic rings. The molecule has 3 nitrogen and oxygen atoms in total. The number of aldehydes is 1. The van der Waals surface area contributed by atoms with Crippen molar-refractivity contribution in [2.24, 2.45) is 0 Å². The zero-order chi connectivity index (χ0) is 9.68. The number of aromatic hydroxyl groups is 1. The average molecular weight is 176 g/mol. The zero-order valence-corrected chi connectivity index (χ0v) is 6.82. The fourth-order valence-electron chi connectivity index (χ4n) is 0.892. The molecular weight excluding hydrogens is 168 g/mol. The fraction of sp³-hybridized carbons (Fsp3) is 0.100. The molecule has 0 amide bonds. The van der Waals surface area contributed by atoms with Gasteiger partial charge in [0.15, 0.2) is 6.29 Å².